The number of hydrogen-bond acceptors (Lipinski definition) is 1. The van der Waals surface area contributed by atoms with Gasteiger partial charge in [0, 0.05) is 18.2 Å². The normalized spacial score (nSPS) is 34.3. The van der Waals surface area contributed by atoms with Gasteiger partial charge in [-0.05, 0) is 36.5 Å². The Morgan fingerprint density at radius 1 is 1.07 bits per heavy atom. The Kier molecular flexibility index (Phi) is 1.65. The molecule has 1 aliphatic carbocycles. The maximum atomic E-state index is 12.9. The summed E-state index contributed by atoms with van der Waals surface area (Å²) in [5.41, 5.74) is 0.745. The van der Waals surface area contributed by atoms with E-state index < -0.39 is 11.6 Å². The molecular formula is C11H11F2N. The summed E-state index contributed by atoms with van der Waals surface area (Å²) in [5, 5.41) is 3.37. The lowest BCUT2D eigenvalue weighted by atomic mass is 10.0. The SMILES string of the molecule is Fc1cc(F)cc(C2CC3CC3N2)c1. The second kappa shape index (κ2) is 2.76. The zero-order valence-electron chi connectivity index (χ0n) is 7.63. The summed E-state index contributed by atoms with van der Waals surface area (Å²) in [5.74, 6) is -0.226. The predicted octanol–water partition coefficient (Wildman–Crippen LogP) is 2.39. The van der Waals surface area contributed by atoms with Crippen LogP contribution in [0, 0.1) is 17.6 Å². The van der Waals surface area contributed by atoms with Crippen LogP contribution >= 0.6 is 0 Å². The van der Waals surface area contributed by atoms with Crippen molar-refractivity contribution in [1.29, 1.82) is 0 Å². The average molecular weight is 195 g/mol. The highest BCUT2D eigenvalue weighted by Gasteiger charge is 2.45. The molecule has 1 heterocycles. The van der Waals surface area contributed by atoms with Crippen LogP contribution < -0.4 is 5.32 Å². The first-order valence-corrected chi connectivity index (χ1v) is 4.94. The molecular weight excluding hydrogens is 184 g/mol. The summed E-state index contributed by atoms with van der Waals surface area (Å²) in [4.78, 5) is 0. The molecule has 0 amide bonds. The van der Waals surface area contributed by atoms with Crippen molar-refractivity contribution in [3.05, 3.63) is 35.4 Å². The van der Waals surface area contributed by atoms with Crippen LogP contribution in [0.1, 0.15) is 24.4 Å². The largest absolute Gasteiger partial charge is 0.307 e. The smallest absolute Gasteiger partial charge is 0.126 e. The van der Waals surface area contributed by atoms with Crippen molar-refractivity contribution in [3.8, 4) is 0 Å². The minimum Gasteiger partial charge on any atom is -0.307 e. The Bertz CT molecular complexity index is 347. The third-order valence-electron chi connectivity index (χ3n) is 3.16. The molecule has 3 rings (SSSR count). The summed E-state index contributed by atoms with van der Waals surface area (Å²) < 4.78 is 25.8. The molecule has 74 valence electrons. The molecule has 14 heavy (non-hydrogen) atoms. The van der Waals surface area contributed by atoms with Gasteiger partial charge in [-0.25, -0.2) is 8.78 Å². The molecule has 1 nitrogen and oxygen atoms in total. The first-order valence-electron chi connectivity index (χ1n) is 4.94. The number of hydrogen-bond donors (Lipinski definition) is 1. The van der Waals surface area contributed by atoms with Crippen molar-refractivity contribution in [2.45, 2.75) is 24.9 Å². The molecule has 1 saturated heterocycles. The fourth-order valence-corrected chi connectivity index (χ4v) is 2.35. The number of nitrogens with one attached hydrogen (secondary N) is 1. The quantitative estimate of drug-likeness (QED) is 0.725. The second-order valence-corrected chi connectivity index (χ2v) is 4.26. The Balaban J connectivity index is 1.88. The van der Waals surface area contributed by atoms with Gasteiger partial charge in [0.05, 0.1) is 0 Å². The van der Waals surface area contributed by atoms with Crippen LogP contribution in [0.15, 0.2) is 18.2 Å². The van der Waals surface area contributed by atoms with Crippen molar-refractivity contribution in [2.24, 2.45) is 5.92 Å². The van der Waals surface area contributed by atoms with Gasteiger partial charge in [-0.1, -0.05) is 0 Å². The van der Waals surface area contributed by atoms with Crippen LogP contribution in [0.25, 0.3) is 0 Å². The Labute approximate surface area is 81.1 Å². The molecule has 1 saturated carbocycles. The maximum Gasteiger partial charge on any atom is 0.126 e. The molecule has 0 radical (unpaired) electrons. The average Bonchev–Trinajstić information content (AvgIpc) is 2.72. The Morgan fingerprint density at radius 2 is 1.79 bits per heavy atom. The van der Waals surface area contributed by atoms with Gasteiger partial charge < -0.3 is 5.32 Å². The lowest BCUT2D eigenvalue weighted by molar-refractivity contribution is 0.540. The van der Waals surface area contributed by atoms with E-state index in [9.17, 15) is 8.78 Å². The van der Waals surface area contributed by atoms with Gasteiger partial charge in [-0.3, -0.25) is 0 Å². The van der Waals surface area contributed by atoms with Crippen molar-refractivity contribution in [2.75, 3.05) is 0 Å². The fourth-order valence-electron chi connectivity index (χ4n) is 2.35. The van der Waals surface area contributed by atoms with Gasteiger partial charge in [0.15, 0.2) is 0 Å². The van der Waals surface area contributed by atoms with E-state index in [1.54, 1.807) is 0 Å². The number of piperidine rings is 1. The molecule has 0 aromatic heterocycles. The van der Waals surface area contributed by atoms with E-state index in [2.05, 4.69) is 5.32 Å². The van der Waals surface area contributed by atoms with E-state index in [0.29, 0.717) is 6.04 Å². The second-order valence-electron chi connectivity index (χ2n) is 4.26. The zero-order valence-corrected chi connectivity index (χ0v) is 7.63. The minimum atomic E-state index is -0.484. The monoisotopic (exact) mass is 195 g/mol. The number of fused-ring (bicyclic) bond motifs is 1. The highest BCUT2D eigenvalue weighted by molar-refractivity contribution is 5.24. The van der Waals surface area contributed by atoms with Gasteiger partial charge in [0.25, 0.3) is 0 Å². The van der Waals surface area contributed by atoms with Crippen LogP contribution in [-0.4, -0.2) is 6.04 Å². The summed E-state index contributed by atoms with van der Waals surface area (Å²) >= 11 is 0. The molecule has 1 aromatic carbocycles. The fraction of sp³-hybridized carbons (Fsp3) is 0.455. The first-order chi connectivity index (χ1) is 6.72. The van der Waals surface area contributed by atoms with Gasteiger partial charge in [0.1, 0.15) is 11.6 Å². The number of rotatable bonds is 1. The van der Waals surface area contributed by atoms with E-state index >= 15 is 0 Å². The van der Waals surface area contributed by atoms with Crippen LogP contribution in [0.4, 0.5) is 8.78 Å². The van der Waals surface area contributed by atoms with Crippen LogP contribution in [0.2, 0.25) is 0 Å². The molecule has 3 atom stereocenters. The van der Waals surface area contributed by atoms with Crippen molar-refractivity contribution in [1.82, 2.24) is 5.32 Å². The third-order valence-corrected chi connectivity index (χ3v) is 3.16. The topological polar surface area (TPSA) is 12.0 Å². The molecule has 3 heteroatoms. The van der Waals surface area contributed by atoms with Gasteiger partial charge in [0.2, 0.25) is 0 Å². The summed E-state index contributed by atoms with van der Waals surface area (Å²) in [7, 11) is 0. The zero-order chi connectivity index (χ0) is 9.71. The van der Waals surface area contributed by atoms with Crippen LogP contribution in [-0.2, 0) is 0 Å². The van der Waals surface area contributed by atoms with Crippen molar-refractivity contribution < 1.29 is 8.78 Å². The first kappa shape index (κ1) is 8.36. The lowest BCUT2D eigenvalue weighted by Gasteiger charge is -2.13. The highest BCUT2D eigenvalue weighted by atomic mass is 19.1. The Hall–Kier alpha value is -0.960. The molecule has 1 N–H and O–H groups in total. The maximum absolute atomic E-state index is 12.9. The molecule has 0 spiro atoms. The summed E-state index contributed by atoms with van der Waals surface area (Å²) in [6, 6.07) is 4.52. The minimum absolute atomic E-state index is 0.156. The molecule has 2 fully saturated rings. The van der Waals surface area contributed by atoms with Crippen molar-refractivity contribution >= 4 is 0 Å². The summed E-state index contributed by atoms with van der Waals surface area (Å²) in [6.07, 6.45) is 2.25. The molecule has 2 aliphatic rings. The van der Waals surface area contributed by atoms with E-state index in [1.165, 1.54) is 18.6 Å². The predicted molar refractivity (Wildman–Crippen MR) is 48.7 cm³/mol. The summed E-state index contributed by atoms with van der Waals surface area (Å²) in [6.45, 7) is 0. The van der Waals surface area contributed by atoms with E-state index in [4.69, 9.17) is 0 Å². The number of benzene rings is 1. The van der Waals surface area contributed by atoms with Crippen LogP contribution in [0.3, 0.4) is 0 Å². The third kappa shape index (κ3) is 1.32. The van der Waals surface area contributed by atoms with E-state index in [-0.39, 0.29) is 6.04 Å². The van der Waals surface area contributed by atoms with Crippen molar-refractivity contribution in [3.63, 3.8) is 0 Å². The van der Waals surface area contributed by atoms with Gasteiger partial charge >= 0.3 is 0 Å². The highest BCUT2D eigenvalue weighted by Crippen LogP contribution is 2.46. The lowest BCUT2D eigenvalue weighted by Crippen LogP contribution is -2.17. The van der Waals surface area contributed by atoms with Crippen LogP contribution in [0.5, 0.6) is 0 Å². The van der Waals surface area contributed by atoms with E-state index in [0.717, 1.165) is 24.0 Å². The van der Waals surface area contributed by atoms with Gasteiger partial charge in [-0.15, -0.1) is 0 Å². The standard InChI is InChI=1S/C11H11F2N/c12-8-1-6(2-9(13)5-8)10-3-7-4-11(7)14-10/h1-2,5,7,10-11,14H,3-4H2. The molecule has 3 unspecified atom stereocenters. The van der Waals surface area contributed by atoms with Gasteiger partial charge in [-0.2, -0.15) is 0 Å². The molecule has 1 aromatic rings. The van der Waals surface area contributed by atoms with E-state index in [1.807, 2.05) is 0 Å². The number of halogens is 2. The molecule has 1 aliphatic heterocycles. The Morgan fingerprint density at radius 3 is 2.36 bits per heavy atom. The molecule has 0 bridgehead atoms.